The summed E-state index contributed by atoms with van der Waals surface area (Å²) in [5.74, 6) is -3.78. The molecular formula is C31H37F2N3O5. The number of carbonyl (C=O) groups is 2. The van der Waals surface area contributed by atoms with Gasteiger partial charge in [-0.1, -0.05) is 12.1 Å². The number of nitrogen functional groups attached to an aromatic ring is 1. The first-order chi connectivity index (χ1) is 19.0. The topological polar surface area (TPSA) is 115 Å². The number of pyridine rings is 1. The first-order valence-electron chi connectivity index (χ1n) is 13.2. The highest BCUT2D eigenvalue weighted by Crippen LogP contribution is 2.23. The van der Waals surface area contributed by atoms with Crippen LogP contribution in [0.2, 0.25) is 0 Å². The summed E-state index contributed by atoms with van der Waals surface area (Å²) in [5.41, 5.74) is 5.59. The first kappa shape index (κ1) is 31.6. The third kappa shape index (κ3) is 7.86. The molecule has 10 heteroatoms. The molecule has 0 aliphatic carbocycles. The van der Waals surface area contributed by atoms with Gasteiger partial charge in [-0.05, 0) is 83.9 Å². The Morgan fingerprint density at radius 1 is 0.976 bits per heavy atom. The monoisotopic (exact) mass is 569 g/mol. The van der Waals surface area contributed by atoms with Gasteiger partial charge in [-0.15, -0.1) is 0 Å². The number of hydrogen-bond donors (Lipinski definition) is 2. The molecule has 0 bridgehead atoms. The van der Waals surface area contributed by atoms with Crippen molar-refractivity contribution in [1.82, 2.24) is 9.47 Å². The van der Waals surface area contributed by atoms with Crippen LogP contribution in [-0.2, 0) is 16.0 Å². The Hall–Kier alpha value is -3.89. The molecule has 0 amide bonds. The summed E-state index contributed by atoms with van der Waals surface area (Å²) in [4.78, 5) is 39.7. The summed E-state index contributed by atoms with van der Waals surface area (Å²) in [6.07, 6.45) is 0.517. The lowest BCUT2D eigenvalue weighted by Crippen LogP contribution is -2.54. The van der Waals surface area contributed by atoms with Crippen LogP contribution in [0.3, 0.4) is 0 Å². The van der Waals surface area contributed by atoms with E-state index in [1.54, 1.807) is 24.3 Å². The predicted octanol–water partition coefficient (Wildman–Crippen LogP) is 4.84. The summed E-state index contributed by atoms with van der Waals surface area (Å²) < 4.78 is 34.5. The number of aromatic nitrogens is 1. The second-order valence-corrected chi connectivity index (χ2v) is 11.8. The molecular weight excluding hydrogens is 532 g/mol. The van der Waals surface area contributed by atoms with Crippen molar-refractivity contribution >= 4 is 17.6 Å². The molecule has 0 spiro atoms. The zero-order valence-electron chi connectivity index (χ0n) is 24.2. The lowest BCUT2D eigenvalue weighted by atomic mass is 10.0. The summed E-state index contributed by atoms with van der Waals surface area (Å²) in [5, 5.41) is 9.95. The van der Waals surface area contributed by atoms with Gasteiger partial charge in [0.2, 0.25) is 0 Å². The number of carboxylic acid groups (broad SMARTS) is 1. The predicted molar refractivity (Wildman–Crippen MR) is 154 cm³/mol. The third-order valence-corrected chi connectivity index (χ3v) is 6.58. The van der Waals surface area contributed by atoms with Crippen LogP contribution in [0.4, 0.5) is 14.6 Å². The lowest BCUT2D eigenvalue weighted by molar-refractivity contribution is -0.151. The first-order valence-corrected chi connectivity index (χ1v) is 13.2. The van der Waals surface area contributed by atoms with Crippen LogP contribution in [-0.4, -0.2) is 56.7 Å². The van der Waals surface area contributed by atoms with Crippen molar-refractivity contribution in [2.75, 3.05) is 18.9 Å². The molecule has 0 radical (unpaired) electrons. The fraction of sp³-hybridized carbons (Fsp3) is 0.387. The van der Waals surface area contributed by atoms with Gasteiger partial charge < -0.3 is 15.6 Å². The number of carbonyl (C=O) groups excluding carboxylic acids is 1. The molecule has 220 valence electrons. The minimum absolute atomic E-state index is 0.0358. The molecule has 0 aliphatic rings. The van der Waals surface area contributed by atoms with Crippen molar-refractivity contribution < 1.29 is 28.2 Å². The lowest BCUT2D eigenvalue weighted by Gasteiger charge is -2.40. The summed E-state index contributed by atoms with van der Waals surface area (Å²) in [6.45, 7) is 11.9. The number of nitrogens with zero attached hydrogens (tertiary/aromatic N) is 2. The van der Waals surface area contributed by atoms with Crippen LogP contribution in [0.15, 0.2) is 59.4 Å². The molecule has 2 aromatic carbocycles. The molecule has 1 heterocycles. The van der Waals surface area contributed by atoms with Crippen molar-refractivity contribution in [3.63, 3.8) is 0 Å². The van der Waals surface area contributed by atoms with Gasteiger partial charge in [0.15, 0.2) is 5.78 Å². The maximum absolute atomic E-state index is 14.2. The highest BCUT2D eigenvalue weighted by molar-refractivity contribution is 6.11. The standard InChI is InChI=1S/C31H37F2N3O5/c1-30(2,3)35(25(29(39)40)18-41-31(4,5)6)16-15-19-7-10-21(11-8-19)36-26(37)14-13-23(28(36)34)27(38)22-12-9-20(32)17-24(22)33/h7-14,17,25H,15-16,18,34H2,1-6H3,(H,39,40). The average Bonchev–Trinajstić information content (AvgIpc) is 2.85. The van der Waals surface area contributed by atoms with E-state index in [0.717, 1.165) is 28.3 Å². The Bertz CT molecular complexity index is 1470. The van der Waals surface area contributed by atoms with Crippen molar-refractivity contribution in [2.24, 2.45) is 0 Å². The van der Waals surface area contributed by atoms with E-state index < -0.39 is 46.1 Å². The van der Waals surface area contributed by atoms with Crippen LogP contribution < -0.4 is 11.3 Å². The second-order valence-electron chi connectivity index (χ2n) is 11.8. The number of anilines is 1. The number of aliphatic carboxylic acids is 1. The molecule has 1 atom stereocenters. The van der Waals surface area contributed by atoms with Crippen LogP contribution in [0, 0.1) is 11.6 Å². The Labute approximate surface area is 238 Å². The molecule has 0 aliphatic heterocycles. The van der Waals surface area contributed by atoms with Crippen LogP contribution in [0.5, 0.6) is 0 Å². The molecule has 0 saturated carbocycles. The highest BCUT2D eigenvalue weighted by atomic mass is 19.1. The maximum Gasteiger partial charge on any atom is 0.323 e. The Balaban J connectivity index is 1.85. The van der Waals surface area contributed by atoms with E-state index in [1.807, 2.05) is 46.4 Å². The van der Waals surface area contributed by atoms with E-state index in [4.69, 9.17) is 10.5 Å². The second kappa shape index (κ2) is 12.3. The number of ketones is 1. The Morgan fingerprint density at radius 3 is 2.12 bits per heavy atom. The molecule has 0 fully saturated rings. The minimum Gasteiger partial charge on any atom is -0.480 e. The van der Waals surface area contributed by atoms with Gasteiger partial charge in [0.25, 0.3) is 5.56 Å². The Morgan fingerprint density at radius 2 is 1.59 bits per heavy atom. The number of nitrogens with two attached hydrogens (primary N) is 1. The number of rotatable bonds is 10. The van der Waals surface area contributed by atoms with E-state index in [2.05, 4.69) is 0 Å². The molecule has 1 aromatic heterocycles. The van der Waals surface area contributed by atoms with Crippen molar-refractivity contribution in [3.8, 4) is 5.69 Å². The number of ether oxygens (including phenoxy) is 1. The fourth-order valence-electron chi connectivity index (χ4n) is 4.47. The average molecular weight is 570 g/mol. The molecule has 41 heavy (non-hydrogen) atoms. The van der Waals surface area contributed by atoms with Gasteiger partial charge in [-0.25, -0.2) is 8.78 Å². The van der Waals surface area contributed by atoms with Gasteiger partial charge in [-0.3, -0.25) is 23.9 Å². The molecule has 0 saturated heterocycles. The summed E-state index contributed by atoms with van der Waals surface area (Å²) in [7, 11) is 0. The van der Waals surface area contributed by atoms with Crippen LogP contribution in [0.25, 0.3) is 5.69 Å². The zero-order chi connectivity index (χ0) is 30.7. The van der Waals surface area contributed by atoms with Gasteiger partial charge in [0, 0.05) is 24.2 Å². The van der Waals surface area contributed by atoms with Crippen LogP contribution >= 0.6 is 0 Å². The number of benzene rings is 2. The Kier molecular flexibility index (Phi) is 9.51. The van der Waals surface area contributed by atoms with Crippen molar-refractivity contribution in [1.29, 1.82) is 0 Å². The van der Waals surface area contributed by atoms with Gasteiger partial charge in [0.05, 0.1) is 29.0 Å². The van der Waals surface area contributed by atoms with E-state index in [9.17, 15) is 28.3 Å². The minimum atomic E-state index is -1.03. The van der Waals surface area contributed by atoms with Crippen molar-refractivity contribution in [3.05, 3.63) is 93.3 Å². The van der Waals surface area contributed by atoms with Gasteiger partial charge in [-0.2, -0.15) is 0 Å². The summed E-state index contributed by atoms with van der Waals surface area (Å²) in [6, 6.07) is 11.0. The molecule has 3 N–H and O–H groups in total. The number of carboxylic acids is 1. The highest BCUT2D eigenvalue weighted by Gasteiger charge is 2.34. The quantitative estimate of drug-likeness (QED) is 0.336. The number of hydrogen-bond acceptors (Lipinski definition) is 6. The third-order valence-electron chi connectivity index (χ3n) is 6.58. The molecule has 3 rings (SSSR count). The van der Waals surface area contributed by atoms with Crippen LogP contribution in [0.1, 0.15) is 63.0 Å². The maximum atomic E-state index is 14.2. The van der Waals surface area contributed by atoms with Gasteiger partial charge >= 0.3 is 5.97 Å². The molecule has 3 aromatic rings. The smallest absolute Gasteiger partial charge is 0.323 e. The largest absolute Gasteiger partial charge is 0.480 e. The van der Waals surface area contributed by atoms with E-state index in [-0.39, 0.29) is 23.6 Å². The fourth-order valence-corrected chi connectivity index (χ4v) is 4.47. The molecule has 1 unspecified atom stereocenters. The van der Waals surface area contributed by atoms with E-state index in [0.29, 0.717) is 24.7 Å². The van der Waals surface area contributed by atoms with Gasteiger partial charge in [0.1, 0.15) is 23.5 Å². The van der Waals surface area contributed by atoms with E-state index in [1.165, 1.54) is 6.07 Å². The normalized spacial score (nSPS) is 12.9. The molecule has 8 nitrogen and oxygen atoms in total. The van der Waals surface area contributed by atoms with E-state index >= 15 is 0 Å². The number of halogens is 2. The zero-order valence-corrected chi connectivity index (χ0v) is 24.2. The van der Waals surface area contributed by atoms with Crippen molar-refractivity contribution in [2.45, 2.75) is 65.1 Å². The summed E-state index contributed by atoms with van der Waals surface area (Å²) >= 11 is 0. The SMILES string of the molecule is CC(C)(C)OCC(C(=O)O)N(CCc1ccc(-n2c(N)c(C(=O)c3ccc(F)cc3F)ccc2=O)cc1)C(C)(C)C.